The maximum absolute atomic E-state index is 11.0. The van der Waals surface area contributed by atoms with Gasteiger partial charge in [0.25, 0.3) is 0 Å². The SMILES string of the molecule is O=Cc1cc(Br)ccc1OCc1ncc(-c2cccs2)o1. The van der Waals surface area contributed by atoms with Crippen LogP contribution in [0, 0.1) is 0 Å². The van der Waals surface area contributed by atoms with E-state index in [0.29, 0.717) is 17.2 Å². The van der Waals surface area contributed by atoms with Gasteiger partial charge in [0.15, 0.2) is 18.7 Å². The minimum Gasteiger partial charge on any atom is -0.483 e. The van der Waals surface area contributed by atoms with Crippen molar-refractivity contribution in [1.82, 2.24) is 4.98 Å². The van der Waals surface area contributed by atoms with E-state index in [9.17, 15) is 4.79 Å². The second-order valence-corrected chi connectivity index (χ2v) is 6.05. The van der Waals surface area contributed by atoms with Gasteiger partial charge < -0.3 is 9.15 Å². The monoisotopic (exact) mass is 363 g/mol. The molecule has 0 aliphatic rings. The predicted molar refractivity (Wildman–Crippen MR) is 83.7 cm³/mol. The van der Waals surface area contributed by atoms with E-state index in [-0.39, 0.29) is 6.61 Å². The summed E-state index contributed by atoms with van der Waals surface area (Å²) in [4.78, 5) is 16.2. The third-order valence-corrected chi connectivity index (χ3v) is 4.15. The zero-order valence-corrected chi connectivity index (χ0v) is 13.2. The Hall–Kier alpha value is -1.92. The summed E-state index contributed by atoms with van der Waals surface area (Å²) in [6.45, 7) is 0.174. The molecule has 4 nitrogen and oxygen atoms in total. The summed E-state index contributed by atoms with van der Waals surface area (Å²) in [6, 6.07) is 9.17. The van der Waals surface area contributed by atoms with Gasteiger partial charge in [0.05, 0.1) is 16.6 Å². The van der Waals surface area contributed by atoms with Gasteiger partial charge in [-0.1, -0.05) is 22.0 Å². The number of thiophene rings is 1. The number of nitrogens with zero attached hydrogens (tertiary/aromatic N) is 1. The fraction of sp³-hybridized carbons (Fsp3) is 0.0667. The molecule has 0 unspecified atom stereocenters. The van der Waals surface area contributed by atoms with E-state index in [1.54, 1.807) is 29.7 Å². The maximum atomic E-state index is 11.0. The molecular formula is C15H10BrNO3S. The molecule has 0 amide bonds. The molecule has 3 aromatic rings. The molecule has 0 radical (unpaired) electrons. The Bertz CT molecular complexity index is 752. The summed E-state index contributed by atoms with van der Waals surface area (Å²) in [5, 5.41) is 1.98. The first-order chi connectivity index (χ1) is 10.3. The quantitative estimate of drug-likeness (QED) is 0.623. The van der Waals surface area contributed by atoms with Gasteiger partial charge in [0.1, 0.15) is 5.75 Å². The average molecular weight is 364 g/mol. The first-order valence-electron chi connectivity index (χ1n) is 6.12. The fourth-order valence-electron chi connectivity index (χ4n) is 1.79. The number of aromatic nitrogens is 1. The minimum absolute atomic E-state index is 0.174. The van der Waals surface area contributed by atoms with Crippen molar-refractivity contribution in [2.75, 3.05) is 0 Å². The van der Waals surface area contributed by atoms with Crippen molar-refractivity contribution in [2.24, 2.45) is 0 Å². The van der Waals surface area contributed by atoms with Crippen LogP contribution in [0.4, 0.5) is 0 Å². The number of hydrogen-bond acceptors (Lipinski definition) is 5. The minimum atomic E-state index is 0.174. The second kappa shape index (κ2) is 6.24. The number of carbonyl (C=O) groups excluding carboxylic acids is 1. The van der Waals surface area contributed by atoms with Gasteiger partial charge in [-0.3, -0.25) is 4.79 Å². The van der Waals surface area contributed by atoms with Crippen molar-refractivity contribution in [3.8, 4) is 16.4 Å². The van der Waals surface area contributed by atoms with Crippen molar-refractivity contribution in [3.63, 3.8) is 0 Å². The molecule has 0 atom stereocenters. The summed E-state index contributed by atoms with van der Waals surface area (Å²) in [5.74, 6) is 1.69. The highest BCUT2D eigenvalue weighted by Gasteiger charge is 2.09. The number of rotatable bonds is 5. The lowest BCUT2D eigenvalue weighted by Crippen LogP contribution is -1.98. The lowest BCUT2D eigenvalue weighted by molar-refractivity contribution is 0.111. The van der Waals surface area contributed by atoms with Crippen molar-refractivity contribution >= 4 is 33.6 Å². The van der Waals surface area contributed by atoms with Crippen molar-refractivity contribution in [3.05, 3.63) is 57.8 Å². The molecule has 2 heterocycles. The zero-order chi connectivity index (χ0) is 14.7. The molecule has 6 heteroatoms. The molecule has 0 fully saturated rings. The number of oxazole rings is 1. The lowest BCUT2D eigenvalue weighted by atomic mass is 10.2. The average Bonchev–Trinajstić information content (AvgIpc) is 3.16. The van der Waals surface area contributed by atoms with Crippen LogP contribution in [0.1, 0.15) is 16.2 Å². The summed E-state index contributed by atoms with van der Waals surface area (Å²) >= 11 is 4.90. The molecule has 1 aromatic carbocycles. The molecule has 0 N–H and O–H groups in total. The van der Waals surface area contributed by atoms with E-state index < -0.39 is 0 Å². The topological polar surface area (TPSA) is 52.3 Å². The van der Waals surface area contributed by atoms with Gasteiger partial charge >= 0.3 is 0 Å². The first kappa shape index (κ1) is 14.0. The van der Waals surface area contributed by atoms with E-state index in [1.807, 2.05) is 23.6 Å². The number of aldehydes is 1. The van der Waals surface area contributed by atoms with E-state index in [0.717, 1.165) is 21.4 Å². The van der Waals surface area contributed by atoms with Crippen LogP contribution in [0.15, 0.2) is 50.8 Å². The van der Waals surface area contributed by atoms with Crippen molar-refractivity contribution in [2.45, 2.75) is 6.61 Å². The molecule has 0 saturated carbocycles. The number of benzene rings is 1. The van der Waals surface area contributed by atoms with Crippen LogP contribution in [0.2, 0.25) is 0 Å². The molecule has 0 bridgehead atoms. The Morgan fingerprint density at radius 2 is 2.29 bits per heavy atom. The zero-order valence-electron chi connectivity index (χ0n) is 10.8. The third kappa shape index (κ3) is 3.22. The van der Waals surface area contributed by atoms with Gasteiger partial charge in [-0.15, -0.1) is 11.3 Å². The Morgan fingerprint density at radius 1 is 1.38 bits per heavy atom. The largest absolute Gasteiger partial charge is 0.483 e. The van der Waals surface area contributed by atoms with E-state index in [1.165, 1.54) is 0 Å². The Labute approximate surface area is 133 Å². The number of halogens is 1. The van der Waals surface area contributed by atoms with Gasteiger partial charge in [-0.25, -0.2) is 4.98 Å². The normalized spacial score (nSPS) is 10.5. The molecule has 3 rings (SSSR count). The van der Waals surface area contributed by atoms with E-state index >= 15 is 0 Å². The standard InChI is InChI=1S/C15H10BrNO3S/c16-11-3-4-12(10(6-11)8-18)19-9-15-17-7-13(20-15)14-2-1-5-21-14/h1-8H,9H2. The first-order valence-corrected chi connectivity index (χ1v) is 7.79. The molecule has 0 spiro atoms. The Kier molecular flexibility index (Phi) is 4.17. The van der Waals surface area contributed by atoms with Crippen LogP contribution in [-0.4, -0.2) is 11.3 Å². The van der Waals surface area contributed by atoms with Crippen LogP contribution < -0.4 is 4.74 Å². The highest BCUT2D eigenvalue weighted by atomic mass is 79.9. The van der Waals surface area contributed by atoms with Crippen LogP contribution in [0.3, 0.4) is 0 Å². The van der Waals surface area contributed by atoms with Crippen LogP contribution in [0.5, 0.6) is 5.75 Å². The number of carbonyl (C=O) groups is 1. The van der Waals surface area contributed by atoms with Gasteiger partial charge in [0, 0.05) is 4.47 Å². The molecule has 106 valence electrons. The molecule has 0 aliphatic carbocycles. The molecule has 0 aliphatic heterocycles. The van der Waals surface area contributed by atoms with Crippen LogP contribution >= 0.6 is 27.3 Å². The van der Waals surface area contributed by atoms with Gasteiger partial charge in [-0.05, 0) is 29.6 Å². The van der Waals surface area contributed by atoms with Crippen molar-refractivity contribution in [1.29, 1.82) is 0 Å². The summed E-state index contributed by atoms with van der Waals surface area (Å²) in [5.41, 5.74) is 0.481. The molecule has 2 aromatic heterocycles. The van der Waals surface area contributed by atoms with Gasteiger partial charge in [0.2, 0.25) is 5.89 Å². The number of ether oxygens (including phenoxy) is 1. The predicted octanol–water partition coefficient (Wildman–Crippen LogP) is 4.56. The molecule has 0 saturated heterocycles. The van der Waals surface area contributed by atoms with E-state index in [2.05, 4.69) is 20.9 Å². The highest BCUT2D eigenvalue weighted by molar-refractivity contribution is 9.10. The lowest BCUT2D eigenvalue weighted by Gasteiger charge is -2.06. The summed E-state index contributed by atoms with van der Waals surface area (Å²) in [6.07, 6.45) is 2.43. The second-order valence-electron chi connectivity index (χ2n) is 4.18. The van der Waals surface area contributed by atoms with Crippen LogP contribution in [0.25, 0.3) is 10.6 Å². The molecule has 21 heavy (non-hydrogen) atoms. The maximum Gasteiger partial charge on any atom is 0.232 e. The third-order valence-electron chi connectivity index (χ3n) is 2.77. The number of hydrogen-bond donors (Lipinski definition) is 0. The smallest absolute Gasteiger partial charge is 0.232 e. The molecular weight excluding hydrogens is 354 g/mol. The highest BCUT2D eigenvalue weighted by Crippen LogP contribution is 2.26. The van der Waals surface area contributed by atoms with Crippen LogP contribution in [-0.2, 0) is 6.61 Å². The Balaban J connectivity index is 1.72. The fourth-order valence-corrected chi connectivity index (χ4v) is 2.84. The summed E-state index contributed by atoms with van der Waals surface area (Å²) < 4.78 is 12.0. The Morgan fingerprint density at radius 3 is 3.05 bits per heavy atom. The summed E-state index contributed by atoms with van der Waals surface area (Å²) in [7, 11) is 0. The van der Waals surface area contributed by atoms with Crippen molar-refractivity contribution < 1.29 is 13.9 Å². The van der Waals surface area contributed by atoms with E-state index in [4.69, 9.17) is 9.15 Å². The van der Waals surface area contributed by atoms with Gasteiger partial charge in [-0.2, -0.15) is 0 Å².